The van der Waals surface area contributed by atoms with Crippen LogP contribution in [0.5, 0.6) is 5.75 Å². The van der Waals surface area contributed by atoms with Crippen molar-refractivity contribution in [3.8, 4) is 5.75 Å². The summed E-state index contributed by atoms with van der Waals surface area (Å²) in [5.41, 5.74) is 0. The Morgan fingerprint density at radius 2 is 2.10 bits per heavy atom. The van der Waals surface area contributed by atoms with Crippen molar-refractivity contribution in [1.82, 2.24) is 25.5 Å². The maximum absolute atomic E-state index is 5.80. The van der Waals surface area contributed by atoms with Crippen molar-refractivity contribution in [1.29, 1.82) is 0 Å². The van der Waals surface area contributed by atoms with Gasteiger partial charge in [0, 0.05) is 12.5 Å². The van der Waals surface area contributed by atoms with Crippen LogP contribution in [0.15, 0.2) is 30.3 Å². The molecule has 6 nitrogen and oxygen atoms in total. The SMILES string of the molecule is CCCNC(COc1ccccc1)Cc1nnn(C)n1. The van der Waals surface area contributed by atoms with Crippen LogP contribution in [0.4, 0.5) is 0 Å². The number of benzene rings is 1. The van der Waals surface area contributed by atoms with Crippen LogP contribution < -0.4 is 10.1 Å². The first kappa shape index (κ1) is 14.5. The third-order valence-corrected chi connectivity index (χ3v) is 2.86. The lowest BCUT2D eigenvalue weighted by Crippen LogP contribution is -2.37. The molecule has 0 spiro atoms. The minimum Gasteiger partial charge on any atom is -0.492 e. The van der Waals surface area contributed by atoms with E-state index in [1.165, 1.54) is 4.80 Å². The van der Waals surface area contributed by atoms with Gasteiger partial charge >= 0.3 is 0 Å². The molecule has 0 fully saturated rings. The molecule has 1 aromatic carbocycles. The number of aromatic nitrogens is 4. The highest BCUT2D eigenvalue weighted by atomic mass is 16.5. The van der Waals surface area contributed by atoms with Gasteiger partial charge in [-0.25, -0.2) is 0 Å². The molecule has 6 heteroatoms. The number of hydrogen-bond donors (Lipinski definition) is 1. The zero-order valence-corrected chi connectivity index (χ0v) is 12.0. The molecule has 0 bridgehead atoms. The van der Waals surface area contributed by atoms with Gasteiger partial charge in [0.2, 0.25) is 0 Å². The molecule has 0 saturated heterocycles. The second-order valence-electron chi connectivity index (χ2n) is 4.67. The highest BCUT2D eigenvalue weighted by Gasteiger charge is 2.13. The fourth-order valence-corrected chi connectivity index (χ4v) is 1.88. The maximum Gasteiger partial charge on any atom is 0.176 e. The summed E-state index contributed by atoms with van der Waals surface area (Å²) in [5.74, 6) is 1.61. The summed E-state index contributed by atoms with van der Waals surface area (Å²) in [4.78, 5) is 1.48. The van der Waals surface area contributed by atoms with Gasteiger partial charge in [-0.15, -0.1) is 10.2 Å². The monoisotopic (exact) mass is 275 g/mol. The van der Waals surface area contributed by atoms with Crippen molar-refractivity contribution in [2.45, 2.75) is 25.8 Å². The topological polar surface area (TPSA) is 64.9 Å². The van der Waals surface area contributed by atoms with Crippen molar-refractivity contribution in [2.75, 3.05) is 13.2 Å². The van der Waals surface area contributed by atoms with Gasteiger partial charge in [-0.05, 0) is 30.3 Å². The van der Waals surface area contributed by atoms with Crippen LogP contribution in [0.2, 0.25) is 0 Å². The first-order valence-corrected chi connectivity index (χ1v) is 6.92. The van der Waals surface area contributed by atoms with Crippen LogP contribution in [-0.2, 0) is 13.5 Å². The molecular weight excluding hydrogens is 254 g/mol. The molecule has 0 aliphatic rings. The molecule has 0 aliphatic carbocycles. The lowest BCUT2D eigenvalue weighted by Gasteiger charge is -2.17. The standard InChI is InChI=1S/C14H21N5O/c1-3-9-15-12(10-14-16-18-19(2)17-14)11-20-13-7-5-4-6-8-13/h4-8,12,15H,3,9-11H2,1-2H3. The third-order valence-electron chi connectivity index (χ3n) is 2.86. The lowest BCUT2D eigenvalue weighted by atomic mass is 10.2. The Morgan fingerprint density at radius 1 is 1.30 bits per heavy atom. The third kappa shape index (κ3) is 4.62. The molecule has 1 N–H and O–H groups in total. The van der Waals surface area contributed by atoms with E-state index >= 15 is 0 Å². The molecule has 0 saturated carbocycles. The molecule has 1 heterocycles. The van der Waals surface area contributed by atoms with Gasteiger partial charge in [-0.3, -0.25) is 0 Å². The molecule has 108 valence electrons. The number of nitrogens with zero attached hydrogens (tertiary/aromatic N) is 4. The van der Waals surface area contributed by atoms with Crippen LogP contribution in [0.1, 0.15) is 19.2 Å². The van der Waals surface area contributed by atoms with E-state index in [1.807, 2.05) is 30.3 Å². The van der Waals surface area contributed by atoms with Gasteiger partial charge in [0.25, 0.3) is 0 Å². The summed E-state index contributed by atoms with van der Waals surface area (Å²) in [7, 11) is 1.77. The predicted octanol–water partition coefficient (Wildman–Crippen LogP) is 1.20. The van der Waals surface area contributed by atoms with E-state index in [0.717, 1.165) is 24.5 Å². The molecular formula is C14H21N5O. The highest BCUT2D eigenvalue weighted by Crippen LogP contribution is 2.09. The van der Waals surface area contributed by atoms with E-state index < -0.39 is 0 Å². The molecule has 0 aliphatic heterocycles. The maximum atomic E-state index is 5.80. The fourth-order valence-electron chi connectivity index (χ4n) is 1.88. The molecule has 1 aromatic heterocycles. The minimum absolute atomic E-state index is 0.180. The van der Waals surface area contributed by atoms with Gasteiger partial charge in [0.05, 0.1) is 7.05 Å². The zero-order chi connectivity index (χ0) is 14.2. The molecule has 2 aromatic rings. The number of para-hydroxylation sites is 1. The molecule has 1 atom stereocenters. The second kappa shape index (κ2) is 7.59. The van der Waals surface area contributed by atoms with Gasteiger partial charge < -0.3 is 10.1 Å². The van der Waals surface area contributed by atoms with Crippen LogP contribution in [-0.4, -0.2) is 39.4 Å². The van der Waals surface area contributed by atoms with Gasteiger partial charge in [-0.2, -0.15) is 4.80 Å². The Morgan fingerprint density at radius 3 is 2.75 bits per heavy atom. The Hall–Kier alpha value is -1.95. The Balaban J connectivity index is 1.89. The van der Waals surface area contributed by atoms with Crippen LogP contribution in [0.3, 0.4) is 0 Å². The van der Waals surface area contributed by atoms with Crippen molar-refractivity contribution in [3.05, 3.63) is 36.2 Å². The normalized spacial score (nSPS) is 12.3. The van der Waals surface area contributed by atoms with E-state index in [1.54, 1.807) is 7.05 Å². The quantitative estimate of drug-likeness (QED) is 0.784. The smallest absolute Gasteiger partial charge is 0.176 e. The van der Waals surface area contributed by atoms with E-state index in [-0.39, 0.29) is 6.04 Å². The zero-order valence-electron chi connectivity index (χ0n) is 12.0. The molecule has 0 radical (unpaired) electrons. The first-order valence-electron chi connectivity index (χ1n) is 6.92. The van der Waals surface area contributed by atoms with Crippen LogP contribution >= 0.6 is 0 Å². The summed E-state index contributed by atoms with van der Waals surface area (Å²) in [6, 6.07) is 10.00. The average Bonchev–Trinajstić information content (AvgIpc) is 2.88. The number of tetrazole rings is 1. The number of nitrogens with one attached hydrogen (secondary N) is 1. The van der Waals surface area contributed by atoms with Crippen molar-refractivity contribution in [2.24, 2.45) is 7.05 Å². The Labute approximate surface area is 119 Å². The lowest BCUT2D eigenvalue weighted by molar-refractivity contribution is 0.261. The summed E-state index contributed by atoms with van der Waals surface area (Å²) >= 11 is 0. The number of rotatable bonds is 8. The number of aryl methyl sites for hydroxylation is 1. The summed E-state index contributed by atoms with van der Waals surface area (Å²) in [6.07, 6.45) is 1.79. The summed E-state index contributed by atoms with van der Waals surface area (Å²) in [6.45, 7) is 3.67. The van der Waals surface area contributed by atoms with Crippen LogP contribution in [0.25, 0.3) is 0 Å². The Kier molecular flexibility index (Phi) is 5.49. The predicted molar refractivity (Wildman–Crippen MR) is 76.5 cm³/mol. The molecule has 20 heavy (non-hydrogen) atoms. The summed E-state index contributed by atoms with van der Waals surface area (Å²) in [5, 5.41) is 15.5. The Bertz CT molecular complexity index is 499. The van der Waals surface area contributed by atoms with Gasteiger partial charge in [0.15, 0.2) is 5.82 Å². The largest absolute Gasteiger partial charge is 0.492 e. The van der Waals surface area contributed by atoms with E-state index in [4.69, 9.17) is 4.74 Å². The van der Waals surface area contributed by atoms with Crippen molar-refractivity contribution < 1.29 is 4.74 Å². The van der Waals surface area contributed by atoms with Crippen molar-refractivity contribution in [3.63, 3.8) is 0 Å². The minimum atomic E-state index is 0.180. The summed E-state index contributed by atoms with van der Waals surface area (Å²) < 4.78 is 5.80. The van der Waals surface area contributed by atoms with Gasteiger partial charge in [-0.1, -0.05) is 25.1 Å². The first-order chi connectivity index (χ1) is 9.78. The number of ether oxygens (including phenoxy) is 1. The van der Waals surface area contributed by atoms with E-state index in [9.17, 15) is 0 Å². The van der Waals surface area contributed by atoms with Gasteiger partial charge in [0.1, 0.15) is 12.4 Å². The van der Waals surface area contributed by atoms with E-state index in [0.29, 0.717) is 13.0 Å². The number of hydrogen-bond acceptors (Lipinski definition) is 5. The van der Waals surface area contributed by atoms with Crippen LogP contribution in [0, 0.1) is 0 Å². The second-order valence-corrected chi connectivity index (χ2v) is 4.67. The van der Waals surface area contributed by atoms with E-state index in [2.05, 4.69) is 27.7 Å². The fraction of sp³-hybridized carbons (Fsp3) is 0.500. The molecule has 0 amide bonds. The average molecular weight is 275 g/mol. The highest BCUT2D eigenvalue weighted by molar-refractivity contribution is 5.20. The van der Waals surface area contributed by atoms with Crippen molar-refractivity contribution >= 4 is 0 Å². The molecule has 2 rings (SSSR count). The molecule has 1 unspecified atom stereocenters.